The van der Waals surface area contributed by atoms with Crippen molar-refractivity contribution in [2.75, 3.05) is 32.9 Å². The van der Waals surface area contributed by atoms with Gasteiger partial charge in [-0.15, -0.1) is 0 Å². The zero-order valence-electron chi connectivity index (χ0n) is 10.7. The van der Waals surface area contributed by atoms with Crippen molar-refractivity contribution in [3.05, 3.63) is 29.8 Å². The van der Waals surface area contributed by atoms with Gasteiger partial charge in [-0.05, 0) is 18.6 Å². The van der Waals surface area contributed by atoms with Gasteiger partial charge in [-0.1, -0.05) is 19.1 Å². The SMILES string of the molecule is CCCOCCN1CCOc2ccccc2C1=O. The van der Waals surface area contributed by atoms with Gasteiger partial charge in [-0.3, -0.25) is 4.79 Å². The predicted octanol–water partition coefficient (Wildman–Crippen LogP) is 1.95. The fourth-order valence-electron chi connectivity index (χ4n) is 1.94. The number of nitrogens with zero attached hydrogens (tertiary/aromatic N) is 1. The maximum atomic E-state index is 12.3. The van der Waals surface area contributed by atoms with Crippen LogP contribution in [0.3, 0.4) is 0 Å². The van der Waals surface area contributed by atoms with Gasteiger partial charge in [0.25, 0.3) is 5.91 Å². The number of hydrogen-bond acceptors (Lipinski definition) is 3. The van der Waals surface area contributed by atoms with Crippen LogP contribution in [0.5, 0.6) is 5.75 Å². The number of fused-ring (bicyclic) bond motifs is 1. The van der Waals surface area contributed by atoms with Crippen LogP contribution in [0.1, 0.15) is 23.7 Å². The molecule has 0 N–H and O–H groups in total. The molecule has 1 aromatic carbocycles. The minimum Gasteiger partial charge on any atom is -0.491 e. The molecule has 98 valence electrons. The predicted molar refractivity (Wildman–Crippen MR) is 69.0 cm³/mol. The van der Waals surface area contributed by atoms with Crippen molar-refractivity contribution < 1.29 is 14.3 Å². The first-order valence-electron chi connectivity index (χ1n) is 6.41. The second-order valence-corrected chi connectivity index (χ2v) is 4.25. The molecule has 1 aliphatic heterocycles. The highest BCUT2D eigenvalue weighted by Crippen LogP contribution is 2.22. The largest absolute Gasteiger partial charge is 0.491 e. The maximum absolute atomic E-state index is 12.3. The molecule has 0 radical (unpaired) electrons. The van der Waals surface area contributed by atoms with Gasteiger partial charge in [-0.25, -0.2) is 0 Å². The van der Waals surface area contributed by atoms with E-state index in [9.17, 15) is 4.79 Å². The lowest BCUT2D eigenvalue weighted by atomic mass is 10.2. The molecule has 0 bridgehead atoms. The van der Waals surface area contributed by atoms with E-state index < -0.39 is 0 Å². The molecule has 0 saturated carbocycles. The van der Waals surface area contributed by atoms with Gasteiger partial charge in [-0.2, -0.15) is 0 Å². The standard InChI is InChI=1S/C14H19NO3/c1-2-9-17-10-7-15-8-11-18-13-6-4-3-5-12(13)14(15)16/h3-6H,2,7-11H2,1H3. The van der Waals surface area contributed by atoms with E-state index in [1.54, 1.807) is 4.90 Å². The Kier molecular flexibility index (Phi) is 4.59. The Morgan fingerprint density at radius 2 is 2.17 bits per heavy atom. The highest BCUT2D eigenvalue weighted by Gasteiger charge is 2.22. The van der Waals surface area contributed by atoms with Crippen molar-refractivity contribution in [3.8, 4) is 5.75 Å². The smallest absolute Gasteiger partial charge is 0.257 e. The van der Waals surface area contributed by atoms with Crippen molar-refractivity contribution in [2.45, 2.75) is 13.3 Å². The first kappa shape index (κ1) is 12.9. The minimum absolute atomic E-state index is 0.0307. The molecule has 0 spiro atoms. The molecule has 1 heterocycles. The molecule has 0 aliphatic carbocycles. The number of rotatable bonds is 5. The van der Waals surface area contributed by atoms with Gasteiger partial charge in [0.1, 0.15) is 12.4 Å². The summed E-state index contributed by atoms with van der Waals surface area (Å²) in [5, 5.41) is 0. The van der Waals surface area contributed by atoms with Crippen LogP contribution in [0.2, 0.25) is 0 Å². The monoisotopic (exact) mass is 249 g/mol. The Balaban J connectivity index is 1.99. The number of benzene rings is 1. The first-order valence-corrected chi connectivity index (χ1v) is 6.41. The van der Waals surface area contributed by atoms with Crippen LogP contribution < -0.4 is 4.74 Å². The Hall–Kier alpha value is -1.55. The Morgan fingerprint density at radius 3 is 3.00 bits per heavy atom. The van der Waals surface area contributed by atoms with Crippen LogP contribution >= 0.6 is 0 Å². The van der Waals surface area contributed by atoms with Crippen molar-refractivity contribution in [2.24, 2.45) is 0 Å². The summed E-state index contributed by atoms with van der Waals surface area (Å²) in [6, 6.07) is 7.39. The maximum Gasteiger partial charge on any atom is 0.257 e. The summed E-state index contributed by atoms with van der Waals surface area (Å²) in [5.74, 6) is 0.711. The van der Waals surface area contributed by atoms with E-state index in [-0.39, 0.29) is 5.91 Å². The lowest BCUT2D eigenvalue weighted by molar-refractivity contribution is 0.0639. The molecule has 0 fully saturated rings. The third-order valence-electron chi connectivity index (χ3n) is 2.88. The quantitative estimate of drug-likeness (QED) is 0.749. The molecule has 1 aromatic rings. The van der Waals surface area contributed by atoms with Gasteiger partial charge >= 0.3 is 0 Å². The average Bonchev–Trinajstić information content (AvgIpc) is 2.56. The number of amides is 1. The molecule has 1 aliphatic rings. The Bertz CT molecular complexity index is 406. The zero-order chi connectivity index (χ0) is 12.8. The molecule has 0 aromatic heterocycles. The summed E-state index contributed by atoms with van der Waals surface area (Å²) in [5.41, 5.74) is 0.644. The molecule has 4 nitrogen and oxygen atoms in total. The van der Waals surface area contributed by atoms with E-state index in [0.29, 0.717) is 37.6 Å². The molecule has 0 unspecified atom stereocenters. The number of para-hydroxylation sites is 1. The summed E-state index contributed by atoms with van der Waals surface area (Å²) in [7, 11) is 0. The number of hydrogen-bond donors (Lipinski definition) is 0. The van der Waals surface area contributed by atoms with Crippen molar-refractivity contribution in [3.63, 3.8) is 0 Å². The van der Waals surface area contributed by atoms with Crippen LogP contribution in [-0.4, -0.2) is 43.7 Å². The summed E-state index contributed by atoms with van der Waals surface area (Å²) in [6.07, 6.45) is 1.000. The number of carbonyl (C=O) groups excluding carboxylic acids is 1. The fourth-order valence-corrected chi connectivity index (χ4v) is 1.94. The number of carbonyl (C=O) groups is 1. The van der Waals surface area contributed by atoms with Crippen molar-refractivity contribution in [1.29, 1.82) is 0 Å². The van der Waals surface area contributed by atoms with Crippen molar-refractivity contribution >= 4 is 5.91 Å². The van der Waals surface area contributed by atoms with E-state index in [0.717, 1.165) is 13.0 Å². The normalized spacial score (nSPS) is 14.9. The molecule has 0 saturated heterocycles. The third-order valence-corrected chi connectivity index (χ3v) is 2.88. The summed E-state index contributed by atoms with van der Waals surface area (Å²) in [4.78, 5) is 14.1. The Labute approximate surface area is 107 Å². The van der Waals surface area contributed by atoms with Gasteiger partial charge in [0.15, 0.2) is 0 Å². The lowest BCUT2D eigenvalue weighted by Gasteiger charge is -2.19. The second kappa shape index (κ2) is 6.40. The molecular weight excluding hydrogens is 230 g/mol. The second-order valence-electron chi connectivity index (χ2n) is 4.25. The first-order chi connectivity index (χ1) is 8.83. The fraction of sp³-hybridized carbons (Fsp3) is 0.500. The summed E-state index contributed by atoms with van der Waals surface area (Å²) < 4.78 is 11.0. The molecule has 1 amide bonds. The highest BCUT2D eigenvalue weighted by molar-refractivity contribution is 5.97. The third kappa shape index (κ3) is 3.01. The zero-order valence-corrected chi connectivity index (χ0v) is 10.7. The minimum atomic E-state index is 0.0307. The number of ether oxygens (including phenoxy) is 2. The molecule has 4 heteroatoms. The van der Waals surface area contributed by atoms with E-state index in [1.165, 1.54) is 0 Å². The van der Waals surface area contributed by atoms with E-state index >= 15 is 0 Å². The van der Waals surface area contributed by atoms with Crippen LogP contribution in [0.25, 0.3) is 0 Å². The van der Waals surface area contributed by atoms with Gasteiger partial charge in [0, 0.05) is 13.2 Å². The topological polar surface area (TPSA) is 38.8 Å². The Morgan fingerprint density at radius 1 is 1.33 bits per heavy atom. The van der Waals surface area contributed by atoms with E-state index in [1.807, 2.05) is 24.3 Å². The van der Waals surface area contributed by atoms with Crippen molar-refractivity contribution in [1.82, 2.24) is 4.90 Å². The molecule has 0 atom stereocenters. The lowest BCUT2D eigenvalue weighted by Crippen LogP contribution is -2.35. The van der Waals surface area contributed by atoms with Gasteiger partial charge in [0.05, 0.1) is 18.7 Å². The summed E-state index contributed by atoms with van der Waals surface area (Å²) in [6.45, 7) is 5.17. The van der Waals surface area contributed by atoms with Crippen LogP contribution in [-0.2, 0) is 4.74 Å². The van der Waals surface area contributed by atoms with E-state index in [2.05, 4.69) is 6.92 Å². The van der Waals surface area contributed by atoms with Gasteiger partial charge < -0.3 is 14.4 Å². The van der Waals surface area contributed by atoms with E-state index in [4.69, 9.17) is 9.47 Å². The molecule has 18 heavy (non-hydrogen) atoms. The molecular formula is C14H19NO3. The average molecular weight is 249 g/mol. The van der Waals surface area contributed by atoms with Crippen LogP contribution in [0.15, 0.2) is 24.3 Å². The van der Waals surface area contributed by atoms with Gasteiger partial charge in [0.2, 0.25) is 0 Å². The summed E-state index contributed by atoms with van der Waals surface area (Å²) >= 11 is 0. The molecule has 2 rings (SSSR count). The van der Waals surface area contributed by atoms with Crippen LogP contribution in [0.4, 0.5) is 0 Å². The van der Waals surface area contributed by atoms with Crippen LogP contribution in [0, 0.1) is 0 Å². The highest BCUT2D eigenvalue weighted by atomic mass is 16.5.